The first-order valence-corrected chi connectivity index (χ1v) is 13.9. The summed E-state index contributed by atoms with van der Waals surface area (Å²) in [5, 5.41) is 13.8. The van der Waals surface area contributed by atoms with E-state index < -0.39 is 5.91 Å². The van der Waals surface area contributed by atoms with Crippen LogP contribution in [-0.4, -0.2) is 68.6 Å². The molecule has 3 amide bonds. The Morgan fingerprint density at radius 1 is 1.14 bits per heavy atom. The summed E-state index contributed by atoms with van der Waals surface area (Å²) in [6.45, 7) is 6.66. The van der Waals surface area contributed by atoms with Gasteiger partial charge in [-0.3, -0.25) is 19.1 Å². The molecule has 13 nitrogen and oxygen atoms in total. The molecule has 1 aliphatic carbocycles. The smallest absolute Gasteiger partial charge is 0.254 e. The fourth-order valence-corrected chi connectivity index (χ4v) is 5.10. The van der Waals surface area contributed by atoms with Crippen molar-refractivity contribution in [2.45, 2.75) is 51.1 Å². The quantitative estimate of drug-likeness (QED) is 0.266. The fraction of sp³-hybridized carbons (Fsp3) is 0.379. The Balaban J connectivity index is 1.35. The number of nitrogens with two attached hydrogens (primary N) is 1. The molecule has 3 heterocycles. The van der Waals surface area contributed by atoms with E-state index in [-0.39, 0.29) is 41.2 Å². The lowest BCUT2D eigenvalue weighted by Crippen LogP contribution is -2.39. The summed E-state index contributed by atoms with van der Waals surface area (Å²) in [7, 11) is 1.51. The number of ether oxygens (including phenoxy) is 1. The molecule has 1 aromatic carbocycles. The van der Waals surface area contributed by atoms with Crippen molar-refractivity contribution in [1.29, 1.82) is 0 Å². The van der Waals surface area contributed by atoms with Gasteiger partial charge in [-0.15, -0.1) is 0 Å². The van der Waals surface area contributed by atoms with Crippen molar-refractivity contribution in [3.8, 4) is 5.75 Å². The van der Waals surface area contributed by atoms with Crippen LogP contribution in [0.4, 0.5) is 23.1 Å². The van der Waals surface area contributed by atoms with Crippen LogP contribution in [-0.2, 0) is 4.79 Å². The summed E-state index contributed by atoms with van der Waals surface area (Å²) in [4.78, 5) is 47.6. The summed E-state index contributed by atoms with van der Waals surface area (Å²) in [6, 6.07) is 3.64. The number of methoxy groups -OCH3 is 1. The third-order valence-corrected chi connectivity index (χ3v) is 7.63. The van der Waals surface area contributed by atoms with E-state index in [4.69, 9.17) is 10.5 Å². The topological polar surface area (TPSA) is 169 Å². The van der Waals surface area contributed by atoms with Gasteiger partial charge >= 0.3 is 0 Å². The standard InChI is InChI=1S/C29H35N9O4/c1-4-24(39)37-10-6-9-21(16-37)38-15-20(13-32-38)34-29-31-14-22(26(30)40)27(36-29)35-25-17(2)11-18(12-23(25)42-3)28(41)33-19-7-5-8-19/h4,11-15,19,21H,1,5-10,16H2,2-3H3,(H2,30,40)(H,33,41)(H2,31,34,35,36)/t21-/m1/s1. The highest BCUT2D eigenvalue weighted by molar-refractivity contribution is 5.99. The maximum atomic E-state index is 12.8. The van der Waals surface area contributed by atoms with Crippen LogP contribution >= 0.6 is 0 Å². The van der Waals surface area contributed by atoms with Crippen molar-refractivity contribution >= 4 is 40.9 Å². The number of carbonyl (C=O) groups excluding carboxylic acids is 3. The monoisotopic (exact) mass is 573 g/mol. The lowest BCUT2D eigenvalue weighted by atomic mass is 9.93. The summed E-state index contributed by atoms with van der Waals surface area (Å²) >= 11 is 0. The molecule has 0 unspecified atom stereocenters. The highest BCUT2D eigenvalue weighted by Crippen LogP contribution is 2.34. The van der Waals surface area contributed by atoms with Crippen LogP contribution in [0.25, 0.3) is 0 Å². The van der Waals surface area contributed by atoms with Gasteiger partial charge in [0.2, 0.25) is 11.9 Å². The highest BCUT2D eigenvalue weighted by atomic mass is 16.5. The van der Waals surface area contributed by atoms with Crippen LogP contribution in [0.2, 0.25) is 0 Å². The summed E-state index contributed by atoms with van der Waals surface area (Å²) < 4.78 is 7.41. The number of carbonyl (C=O) groups is 3. The van der Waals surface area contributed by atoms with Gasteiger partial charge in [0, 0.05) is 37.1 Å². The molecule has 13 heteroatoms. The van der Waals surface area contributed by atoms with E-state index in [1.807, 2.05) is 17.8 Å². The van der Waals surface area contributed by atoms with E-state index in [0.29, 0.717) is 35.8 Å². The third kappa shape index (κ3) is 6.19. The van der Waals surface area contributed by atoms with Crippen molar-refractivity contribution in [3.05, 3.63) is 60.1 Å². The van der Waals surface area contributed by atoms with Gasteiger partial charge in [-0.1, -0.05) is 6.58 Å². The Bertz CT molecular complexity index is 1510. The van der Waals surface area contributed by atoms with Crippen LogP contribution in [0.3, 0.4) is 0 Å². The summed E-state index contributed by atoms with van der Waals surface area (Å²) in [5.74, 6) is -0.163. The van der Waals surface area contributed by atoms with Crippen LogP contribution < -0.4 is 26.4 Å². The number of amides is 3. The molecule has 0 bridgehead atoms. The van der Waals surface area contributed by atoms with Gasteiger partial charge in [-0.2, -0.15) is 10.1 Å². The highest BCUT2D eigenvalue weighted by Gasteiger charge is 2.25. The molecule has 42 heavy (non-hydrogen) atoms. The molecule has 5 N–H and O–H groups in total. The minimum absolute atomic E-state index is 0.0304. The minimum Gasteiger partial charge on any atom is -0.495 e. The number of aryl methyl sites for hydroxylation is 1. The zero-order chi connectivity index (χ0) is 29.8. The predicted octanol–water partition coefficient (Wildman–Crippen LogP) is 3.21. The zero-order valence-electron chi connectivity index (χ0n) is 23.7. The van der Waals surface area contributed by atoms with Crippen molar-refractivity contribution < 1.29 is 19.1 Å². The third-order valence-electron chi connectivity index (χ3n) is 7.63. The number of rotatable bonds is 10. The van der Waals surface area contributed by atoms with E-state index >= 15 is 0 Å². The molecule has 2 fully saturated rings. The van der Waals surface area contributed by atoms with Crippen LogP contribution in [0.5, 0.6) is 5.75 Å². The van der Waals surface area contributed by atoms with Gasteiger partial charge in [-0.25, -0.2) is 4.98 Å². The second kappa shape index (κ2) is 12.3. The van der Waals surface area contributed by atoms with E-state index in [1.54, 1.807) is 23.2 Å². The molecule has 2 aromatic heterocycles. The number of anilines is 4. The summed E-state index contributed by atoms with van der Waals surface area (Å²) in [5.41, 5.74) is 8.08. The van der Waals surface area contributed by atoms with Crippen LogP contribution in [0.15, 0.2) is 43.4 Å². The molecule has 0 spiro atoms. The second-order valence-electron chi connectivity index (χ2n) is 10.5. The van der Waals surface area contributed by atoms with E-state index in [0.717, 1.165) is 37.7 Å². The molecule has 0 radical (unpaired) electrons. The molecule has 1 atom stereocenters. The molecule has 1 saturated carbocycles. The van der Waals surface area contributed by atoms with Crippen LogP contribution in [0, 0.1) is 6.92 Å². The normalized spacial score (nSPS) is 16.7. The summed E-state index contributed by atoms with van der Waals surface area (Å²) in [6.07, 6.45) is 11.0. The van der Waals surface area contributed by atoms with Crippen LogP contribution in [0.1, 0.15) is 64.4 Å². The number of benzene rings is 1. The van der Waals surface area contributed by atoms with Crippen molar-refractivity contribution in [2.24, 2.45) is 5.73 Å². The lowest BCUT2D eigenvalue weighted by Gasteiger charge is -2.32. The Kier molecular flexibility index (Phi) is 8.36. The molecule has 3 aromatic rings. The average molecular weight is 574 g/mol. The van der Waals surface area contributed by atoms with E-state index in [2.05, 4.69) is 37.6 Å². The molecule has 2 aliphatic rings. The number of piperidine rings is 1. The SMILES string of the molecule is C=CC(=O)N1CCC[C@@H](n2cc(Nc3ncc(C(N)=O)c(Nc4c(C)cc(C(=O)NC5CCC5)cc4OC)n3)cn2)C1. The first-order chi connectivity index (χ1) is 20.2. The lowest BCUT2D eigenvalue weighted by molar-refractivity contribution is -0.127. The predicted molar refractivity (Wildman–Crippen MR) is 157 cm³/mol. The van der Waals surface area contributed by atoms with Gasteiger partial charge in [-0.05, 0) is 62.8 Å². The maximum absolute atomic E-state index is 12.8. The van der Waals surface area contributed by atoms with Gasteiger partial charge in [0.15, 0.2) is 0 Å². The maximum Gasteiger partial charge on any atom is 0.254 e. The number of likely N-dealkylation sites (tertiary alicyclic amines) is 1. The molecule has 1 saturated heterocycles. The number of aromatic nitrogens is 4. The molecular formula is C29H35N9O4. The van der Waals surface area contributed by atoms with Gasteiger partial charge in [0.05, 0.1) is 30.7 Å². The minimum atomic E-state index is -0.707. The Morgan fingerprint density at radius 2 is 1.95 bits per heavy atom. The Morgan fingerprint density at radius 3 is 2.64 bits per heavy atom. The second-order valence-corrected chi connectivity index (χ2v) is 10.5. The van der Waals surface area contributed by atoms with Gasteiger partial charge in [0.25, 0.3) is 11.8 Å². The Labute approximate surface area is 243 Å². The number of hydrogen-bond donors (Lipinski definition) is 4. The zero-order valence-corrected chi connectivity index (χ0v) is 23.7. The number of nitrogens with one attached hydrogen (secondary N) is 3. The Hall–Kier alpha value is -4.94. The van der Waals surface area contributed by atoms with Crippen molar-refractivity contribution in [3.63, 3.8) is 0 Å². The number of primary amides is 1. The number of hydrogen-bond acceptors (Lipinski definition) is 9. The van der Waals surface area contributed by atoms with Crippen molar-refractivity contribution in [2.75, 3.05) is 30.8 Å². The van der Waals surface area contributed by atoms with E-state index in [9.17, 15) is 14.4 Å². The average Bonchev–Trinajstić information content (AvgIpc) is 3.43. The first-order valence-electron chi connectivity index (χ1n) is 13.9. The molecular weight excluding hydrogens is 538 g/mol. The van der Waals surface area contributed by atoms with Crippen molar-refractivity contribution in [1.82, 2.24) is 30.0 Å². The van der Waals surface area contributed by atoms with E-state index in [1.165, 1.54) is 19.4 Å². The molecule has 1 aliphatic heterocycles. The fourth-order valence-electron chi connectivity index (χ4n) is 5.10. The largest absolute Gasteiger partial charge is 0.495 e. The number of nitrogens with zero attached hydrogens (tertiary/aromatic N) is 5. The first kappa shape index (κ1) is 28.6. The molecule has 220 valence electrons. The van der Waals surface area contributed by atoms with Gasteiger partial charge < -0.3 is 31.3 Å². The van der Waals surface area contributed by atoms with Gasteiger partial charge in [0.1, 0.15) is 17.1 Å². The molecule has 5 rings (SSSR count).